The summed E-state index contributed by atoms with van der Waals surface area (Å²) in [7, 11) is 0. The number of benzene rings is 1. The Morgan fingerprint density at radius 2 is 1.88 bits per heavy atom. The van der Waals surface area contributed by atoms with E-state index < -0.39 is 0 Å². The first-order chi connectivity index (χ1) is 8.15. The van der Waals surface area contributed by atoms with Crippen molar-refractivity contribution in [3.63, 3.8) is 0 Å². The Kier molecular flexibility index (Phi) is 3.33. The van der Waals surface area contributed by atoms with E-state index in [1.165, 1.54) is 5.56 Å². The standard InChI is InChI=1S/C15H15NO/c1-11-4-3-5-13(8-11)10-15(17)14-9-12(2)6-7-16-14/h3-9H,10H2,1-2H3. The van der Waals surface area contributed by atoms with Crippen LogP contribution < -0.4 is 0 Å². The third-order valence-electron chi connectivity index (χ3n) is 2.65. The highest BCUT2D eigenvalue weighted by atomic mass is 16.1. The molecule has 2 aromatic rings. The number of nitrogens with zero attached hydrogens (tertiary/aromatic N) is 1. The first kappa shape index (κ1) is 11.5. The SMILES string of the molecule is Cc1cccc(CC(=O)c2cc(C)ccn2)c1. The molecule has 0 fully saturated rings. The normalized spacial score (nSPS) is 10.2. The van der Waals surface area contributed by atoms with Crippen molar-refractivity contribution in [3.05, 3.63) is 65.0 Å². The molecule has 0 saturated carbocycles. The second kappa shape index (κ2) is 4.91. The molecular formula is C15H15NO. The van der Waals surface area contributed by atoms with Gasteiger partial charge in [-0.1, -0.05) is 29.8 Å². The summed E-state index contributed by atoms with van der Waals surface area (Å²) in [6.45, 7) is 3.99. The zero-order valence-corrected chi connectivity index (χ0v) is 10.1. The van der Waals surface area contributed by atoms with Gasteiger partial charge in [0.2, 0.25) is 0 Å². The minimum Gasteiger partial charge on any atom is -0.292 e. The number of ketones is 1. The van der Waals surface area contributed by atoms with Crippen molar-refractivity contribution < 1.29 is 4.79 Å². The van der Waals surface area contributed by atoms with Crippen LogP contribution in [0.3, 0.4) is 0 Å². The molecule has 2 nitrogen and oxygen atoms in total. The fraction of sp³-hybridized carbons (Fsp3) is 0.200. The molecule has 1 heterocycles. The second-order valence-electron chi connectivity index (χ2n) is 4.31. The molecule has 0 N–H and O–H groups in total. The van der Waals surface area contributed by atoms with E-state index >= 15 is 0 Å². The van der Waals surface area contributed by atoms with E-state index in [4.69, 9.17) is 0 Å². The summed E-state index contributed by atoms with van der Waals surface area (Å²) in [5, 5.41) is 0. The van der Waals surface area contributed by atoms with Crippen LogP contribution in [0.2, 0.25) is 0 Å². The van der Waals surface area contributed by atoms with E-state index in [1.54, 1.807) is 6.20 Å². The lowest BCUT2D eigenvalue weighted by atomic mass is 10.0. The Labute approximate surface area is 101 Å². The van der Waals surface area contributed by atoms with Gasteiger partial charge in [0, 0.05) is 12.6 Å². The molecule has 0 saturated heterocycles. The van der Waals surface area contributed by atoms with E-state index in [1.807, 2.05) is 50.2 Å². The van der Waals surface area contributed by atoms with Crippen LogP contribution in [0, 0.1) is 13.8 Å². The second-order valence-corrected chi connectivity index (χ2v) is 4.31. The minimum atomic E-state index is 0.0688. The van der Waals surface area contributed by atoms with Crippen LogP contribution in [0.1, 0.15) is 27.2 Å². The number of Topliss-reactive ketones (excluding diaryl/α,β-unsaturated/α-hetero) is 1. The van der Waals surface area contributed by atoms with Gasteiger partial charge >= 0.3 is 0 Å². The lowest BCUT2D eigenvalue weighted by Gasteiger charge is -2.02. The van der Waals surface area contributed by atoms with Gasteiger partial charge in [-0.25, -0.2) is 0 Å². The average molecular weight is 225 g/mol. The van der Waals surface area contributed by atoms with Crippen LogP contribution in [0.5, 0.6) is 0 Å². The Hall–Kier alpha value is -1.96. The minimum absolute atomic E-state index is 0.0688. The predicted octanol–water partition coefficient (Wildman–Crippen LogP) is 3.12. The van der Waals surface area contributed by atoms with Crippen LogP contribution in [0.25, 0.3) is 0 Å². The summed E-state index contributed by atoms with van der Waals surface area (Å²) in [4.78, 5) is 16.1. The molecule has 0 spiro atoms. The summed E-state index contributed by atoms with van der Waals surface area (Å²) >= 11 is 0. The first-order valence-electron chi connectivity index (χ1n) is 5.66. The van der Waals surface area contributed by atoms with E-state index in [0.29, 0.717) is 12.1 Å². The van der Waals surface area contributed by atoms with Gasteiger partial charge in [-0.2, -0.15) is 0 Å². The summed E-state index contributed by atoms with van der Waals surface area (Å²) in [6.07, 6.45) is 2.09. The van der Waals surface area contributed by atoms with Crippen molar-refractivity contribution in [2.24, 2.45) is 0 Å². The molecule has 2 rings (SSSR count). The van der Waals surface area contributed by atoms with Crippen LogP contribution in [-0.4, -0.2) is 10.8 Å². The number of rotatable bonds is 3. The third kappa shape index (κ3) is 3.00. The Morgan fingerprint density at radius 3 is 2.59 bits per heavy atom. The zero-order valence-electron chi connectivity index (χ0n) is 10.1. The molecule has 1 aromatic carbocycles. The predicted molar refractivity (Wildman–Crippen MR) is 68.2 cm³/mol. The molecule has 0 bridgehead atoms. The summed E-state index contributed by atoms with van der Waals surface area (Å²) in [5.74, 6) is 0.0688. The van der Waals surface area contributed by atoms with Gasteiger partial charge in [0.15, 0.2) is 5.78 Å². The molecular weight excluding hydrogens is 210 g/mol. The molecule has 0 aliphatic carbocycles. The molecule has 0 amide bonds. The van der Waals surface area contributed by atoms with Crippen molar-refractivity contribution in [1.82, 2.24) is 4.98 Å². The van der Waals surface area contributed by atoms with Crippen LogP contribution in [0.4, 0.5) is 0 Å². The van der Waals surface area contributed by atoms with Gasteiger partial charge in [-0.3, -0.25) is 9.78 Å². The number of carbonyl (C=O) groups excluding carboxylic acids is 1. The van der Waals surface area contributed by atoms with Crippen molar-refractivity contribution in [1.29, 1.82) is 0 Å². The van der Waals surface area contributed by atoms with Crippen LogP contribution in [0.15, 0.2) is 42.6 Å². The summed E-state index contributed by atoms with van der Waals surface area (Å²) in [5.41, 5.74) is 3.82. The molecule has 0 atom stereocenters. The van der Waals surface area contributed by atoms with Crippen molar-refractivity contribution >= 4 is 5.78 Å². The topological polar surface area (TPSA) is 30.0 Å². The van der Waals surface area contributed by atoms with E-state index in [-0.39, 0.29) is 5.78 Å². The molecule has 0 aliphatic heterocycles. The van der Waals surface area contributed by atoms with Crippen molar-refractivity contribution in [3.8, 4) is 0 Å². The average Bonchev–Trinajstić information content (AvgIpc) is 2.29. The third-order valence-corrected chi connectivity index (χ3v) is 2.65. The molecule has 0 radical (unpaired) electrons. The van der Waals surface area contributed by atoms with E-state index in [9.17, 15) is 4.79 Å². The number of aromatic nitrogens is 1. The Bertz CT molecular complexity index is 546. The molecule has 17 heavy (non-hydrogen) atoms. The largest absolute Gasteiger partial charge is 0.292 e. The maximum Gasteiger partial charge on any atom is 0.185 e. The fourth-order valence-electron chi connectivity index (χ4n) is 1.79. The molecule has 1 aromatic heterocycles. The quantitative estimate of drug-likeness (QED) is 0.751. The Morgan fingerprint density at radius 1 is 1.12 bits per heavy atom. The van der Waals surface area contributed by atoms with E-state index in [0.717, 1.165) is 11.1 Å². The van der Waals surface area contributed by atoms with Crippen molar-refractivity contribution in [2.75, 3.05) is 0 Å². The zero-order chi connectivity index (χ0) is 12.3. The summed E-state index contributed by atoms with van der Waals surface area (Å²) in [6, 6.07) is 11.7. The molecule has 0 aliphatic rings. The van der Waals surface area contributed by atoms with Gasteiger partial charge in [-0.15, -0.1) is 0 Å². The molecule has 2 heteroatoms. The number of hydrogen-bond donors (Lipinski definition) is 0. The maximum absolute atomic E-state index is 12.0. The van der Waals surface area contributed by atoms with Gasteiger partial charge in [0.1, 0.15) is 5.69 Å². The highest BCUT2D eigenvalue weighted by molar-refractivity contribution is 5.95. The molecule has 0 unspecified atom stereocenters. The summed E-state index contributed by atoms with van der Waals surface area (Å²) < 4.78 is 0. The monoisotopic (exact) mass is 225 g/mol. The number of pyridine rings is 1. The fourth-order valence-corrected chi connectivity index (χ4v) is 1.79. The van der Waals surface area contributed by atoms with Crippen LogP contribution >= 0.6 is 0 Å². The number of hydrogen-bond acceptors (Lipinski definition) is 2. The lowest BCUT2D eigenvalue weighted by Crippen LogP contribution is -2.06. The maximum atomic E-state index is 12.0. The van der Waals surface area contributed by atoms with E-state index in [2.05, 4.69) is 4.98 Å². The van der Waals surface area contributed by atoms with Gasteiger partial charge < -0.3 is 0 Å². The van der Waals surface area contributed by atoms with Crippen molar-refractivity contribution in [2.45, 2.75) is 20.3 Å². The number of carbonyl (C=O) groups is 1. The highest BCUT2D eigenvalue weighted by Gasteiger charge is 2.08. The number of aryl methyl sites for hydroxylation is 2. The van der Waals surface area contributed by atoms with Crippen LogP contribution in [-0.2, 0) is 6.42 Å². The highest BCUT2D eigenvalue weighted by Crippen LogP contribution is 2.09. The Balaban J connectivity index is 2.17. The van der Waals surface area contributed by atoms with Gasteiger partial charge in [0.05, 0.1) is 0 Å². The van der Waals surface area contributed by atoms with Gasteiger partial charge in [0.25, 0.3) is 0 Å². The smallest absolute Gasteiger partial charge is 0.185 e. The first-order valence-corrected chi connectivity index (χ1v) is 5.66. The molecule has 86 valence electrons. The van der Waals surface area contributed by atoms with Gasteiger partial charge in [-0.05, 0) is 37.1 Å². The lowest BCUT2D eigenvalue weighted by molar-refractivity contribution is 0.0988.